The van der Waals surface area contributed by atoms with E-state index in [1.807, 2.05) is 43.0 Å². The first-order valence-electron chi connectivity index (χ1n) is 6.37. The number of rotatable bonds is 5. The molecule has 0 aliphatic carbocycles. The first-order valence-corrected chi connectivity index (χ1v) is 6.37. The molecule has 4 nitrogen and oxygen atoms in total. The Labute approximate surface area is 109 Å². The monoisotopic (exact) mass is 249 g/mol. The van der Waals surface area contributed by atoms with Gasteiger partial charge in [0.15, 0.2) is 0 Å². The number of carbonyl (C=O) groups is 1. The van der Waals surface area contributed by atoms with Crippen LogP contribution in [0.3, 0.4) is 0 Å². The fraction of sp³-hybridized carbons (Fsp3) is 0.500. The topological polar surface area (TPSA) is 49.6 Å². The Hall–Kier alpha value is -1.71. The lowest BCUT2D eigenvalue weighted by Crippen LogP contribution is -2.32. The third kappa shape index (κ3) is 3.15. The zero-order valence-electron chi connectivity index (χ0n) is 11.7. The first kappa shape index (κ1) is 14.4. The van der Waals surface area contributed by atoms with Gasteiger partial charge in [-0.2, -0.15) is 0 Å². The van der Waals surface area contributed by atoms with Crippen LogP contribution in [0.4, 0.5) is 11.4 Å². The molecule has 1 aromatic rings. The zero-order chi connectivity index (χ0) is 13.7. The molecule has 2 N–H and O–H groups in total. The summed E-state index contributed by atoms with van der Waals surface area (Å²) in [7, 11) is 3.86. The molecule has 1 rings (SSSR count). The standard InChI is InChI=1S/C14H23N3O/c1-5-9-17(6-2)14(18)12-10-11(15)7-8-13(12)16(3)4/h7-8,10H,5-6,9,15H2,1-4H3. The van der Waals surface area contributed by atoms with Gasteiger partial charge in [0, 0.05) is 38.6 Å². The van der Waals surface area contributed by atoms with Gasteiger partial charge in [0.05, 0.1) is 5.56 Å². The molecule has 0 aliphatic rings. The Balaban J connectivity index is 3.13. The Morgan fingerprint density at radius 3 is 2.44 bits per heavy atom. The minimum absolute atomic E-state index is 0.0513. The van der Waals surface area contributed by atoms with Crippen LogP contribution >= 0.6 is 0 Å². The molecule has 0 unspecified atom stereocenters. The number of hydrogen-bond donors (Lipinski definition) is 1. The number of anilines is 2. The van der Waals surface area contributed by atoms with E-state index in [4.69, 9.17) is 5.73 Å². The number of benzene rings is 1. The maximum atomic E-state index is 12.5. The third-order valence-corrected chi connectivity index (χ3v) is 2.90. The molecule has 1 aromatic carbocycles. The molecule has 100 valence electrons. The molecule has 0 aliphatic heterocycles. The molecule has 18 heavy (non-hydrogen) atoms. The minimum atomic E-state index is 0.0513. The van der Waals surface area contributed by atoms with E-state index >= 15 is 0 Å². The van der Waals surface area contributed by atoms with Crippen molar-refractivity contribution in [1.29, 1.82) is 0 Å². The van der Waals surface area contributed by atoms with Crippen molar-refractivity contribution in [2.45, 2.75) is 20.3 Å². The van der Waals surface area contributed by atoms with Gasteiger partial charge in [-0.25, -0.2) is 0 Å². The number of amides is 1. The van der Waals surface area contributed by atoms with Crippen LogP contribution in [0.5, 0.6) is 0 Å². The van der Waals surface area contributed by atoms with Gasteiger partial charge in [-0.1, -0.05) is 6.92 Å². The van der Waals surface area contributed by atoms with E-state index in [0.29, 0.717) is 17.8 Å². The molecule has 0 fully saturated rings. The van der Waals surface area contributed by atoms with Crippen molar-refractivity contribution in [3.8, 4) is 0 Å². The zero-order valence-corrected chi connectivity index (χ0v) is 11.7. The van der Waals surface area contributed by atoms with Crippen LogP contribution in [0, 0.1) is 0 Å². The van der Waals surface area contributed by atoms with Crippen molar-refractivity contribution in [3.63, 3.8) is 0 Å². The van der Waals surface area contributed by atoms with E-state index in [1.165, 1.54) is 0 Å². The summed E-state index contributed by atoms with van der Waals surface area (Å²) in [4.78, 5) is 16.3. The molecule has 1 amide bonds. The van der Waals surface area contributed by atoms with Crippen LogP contribution in [0.25, 0.3) is 0 Å². The van der Waals surface area contributed by atoms with Gasteiger partial charge in [-0.3, -0.25) is 4.79 Å². The predicted molar refractivity (Wildman–Crippen MR) is 77.0 cm³/mol. The highest BCUT2D eigenvalue weighted by Gasteiger charge is 2.18. The summed E-state index contributed by atoms with van der Waals surface area (Å²) >= 11 is 0. The van der Waals surface area contributed by atoms with Crippen LogP contribution < -0.4 is 10.6 Å². The molecule has 0 aromatic heterocycles. The summed E-state index contributed by atoms with van der Waals surface area (Å²) in [5.74, 6) is 0.0513. The molecule has 4 heteroatoms. The fourth-order valence-corrected chi connectivity index (χ4v) is 1.96. The second-order valence-corrected chi connectivity index (χ2v) is 4.56. The van der Waals surface area contributed by atoms with Crippen molar-refractivity contribution in [1.82, 2.24) is 4.90 Å². The third-order valence-electron chi connectivity index (χ3n) is 2.90. The molecule has 0 bridgehead atoms. The summed E-state index contributed by atoms with van der Waals surface area (Å²) in [5.41, 5.74) is 8.00. The van der Waals surface area contributed by atoms with Crippen molar-refractivity contribution in [2.75, 3.05) is 37.8 Å². The Morgan fingerprint density at radius 1 is 1.28 bits per heavy atom. The summed E-state index contributed by atoms with van der Waals surface area (Å²) in [6.45, 7) is 5.56. The maximum Gasteiger partial charge on any atom is 0.256 e. The van der Waals surface area contributed by atoms with Gasteiger partial charge in [-0.15, -0.1) is 0 Å². The van der Waals surface area contributed by atoms with Crippen LogP contribution in [0.2, 0.25) is 0 Å². The normalized spacial score (nSPS) is 10.2. The summed E-state index contributed by atoms with van der Waals surface area (Å²) in [6.07, 6.45) is 0.958. The second-order valence-electron chi connectivity index (χ2n) is 4.56. The van der Waals surface area contributed by atoms with Gasteiger partial charge < -0.3 is 15.5 Å². The number of nitrogens with zero attached hydrogens (tertiary/aromatic N) is 2. The second kappa shape index (κ2) is 6.28. The average molecular weight is 249 g/mol. The van der Waals surface area contributed by atoms with E-state index in [2.05, 4.69) is 6.92 Å². The molecule has 0 saturated heterocycles. The molecular weight excluding hydrogens is 226 g/mol. The first-order chi connectivity index (χ1) is 8.51. The highest BCUT2D eigenvalue weighted by atomic mass is 16.2. The van der Waals surface area contributed by atoms with Gasteiger partial charge in [0.1, 0.15) is 0 Å². The minimum Gasteiger partial charge on any atom is -0.399 e. The van der Waals surface area contributed by atoms with Crippen molar-refractivity contribution in [2.24, 2.45) is 0 Å². The number of nitrogen functional groups attached to an aromatic ring is 1. The van der Waals surface area contributed by atoms with E-state index < -0.39 is 0 Å². The van der Waals surface area contributed by atoms with Gasteiger partial charge >= 0.3 is 0 Å². The lowest BCUT2D eigenvalue weighted by molar-refractivity contribution is 0.0765. The Morgan fingerprint density at radius 2 is 1.94 bits per heavy atom. The van der Waals surface area contributed by atoms with Crippen LogP contribution in [-0.2, 0) is 0 Å². The lowest BCUT2D eigenvalue weighted by atomic mass is 10.1. The van der Waals surface area contributed by atoms with Gasteiger partial charge in [0.2, 0.25) is 0 Å². The van der Waals surface area contributed by atoms with Gasteiger partial charge in [-0.05, 0) is 31.5 Å². The number of hydrogen-bond acceptors (Lipinski definition) is 3. The molecule has 0 spiro atoms. The van der Waals surface area contributed by atoms with E-state index in [1.54, 1.807) is 6.07 Å². The largest absolute Gasteiger partial charge is 0.399 e. The highest BCUT2D eigenvalue weighted by molar-refractivity contribution is 6.00. The summed E-state index contributed by atoms with van der Waals surface area (Å²) < 4.78 is 0. The molecule has 0 heterocycles. The van der Waals surface area contributed by atoms with Crippen LogP contribution in [0.15, 0.2) is 18.2 Å². The van der Waals surface area contributed by atoms with Crippen LogP contribution in [-0.4, -0.2) is 38.0 Å². The lowest BCUT2D eigenvalue weighted by Gasteiger charge is -2.24. The van der Waals surface area contributed by atoms with Crippen molar-refractivity contribution < 1.29 is 4.79 Å². The van der Waals surface area contributed by atoms with E-state index in [0.717, 1.165) is 18.7 Å². The molecule has 0 atom stereocenters. The molecule has 0 saturated carbocycles. The summed E-state index contributed by atoms with van der Waals surface area (Å²) in [5, 5.41) is 0. The summed E-state index contributed by atoms with van der Waals surface area (Å²) in [6, 6.07) is 5.47. The number of nitrogens with two attached hydrogens (primary N) is 1. The molecular formula is C14H23N3O. The van der Waals surface area contributed by atoms with Crippen molar-refractivity contribution in [3.05, 3.63) is 23.8 Å². The van der Waals surface area contributed by atoms with E-state index in [-0.39, 0.29) is 5.91 Å². The SMILES string of the molecule is CCCN(CC)C(=O)c1cc(N)ccc1N(C)C. The number of carbonyl (C=O) groups excluding carboxylic acids is 1. The average Bonchev–Trinajstić information content (AvgIpc) is 2.34. The van der Waals surface area contributed by atoms with Gasteiger partial charge in [0.25, 0.3) is 5.91 Å². The van der Waals surface area contributed by atoms with Crippen LogP contribution in [0.1, 0.15) is 30.6 Å². The Bertz CT molecular complexity index is 416. The van der Waals surface area contributed by atoms with Crippen molar-refractivity contribution >= 4 is 17.3 Å². The Kier molecular flexibility index (Phi) is 5.01. The maximum absolute atomic E-state index is 12.5. The predicted octanol–water partition coefficient (Wildman–Crippen LogP) is 2.21. The highest BCUT2D eigenvalue weighted by Crippen LogP contribution is 2.23. The smallest absolute Gasteiger partial charge is 0.256 e. The van der Waals surface area contributed by atoms with E-state index in [9.17, 15) is 4.79 Å². The molecule has 0 radical (unpaired) electrons. The quantitative estimate of drug-likeness (QED) is 0.814. The fourth-order valence-electron chi connectivity index (χ4n) is 1.96.